The topological polar surface area (TPSA) is 55.1 Å². The number of para-hydroxylation sites is 2. The van der Waals surface area contributed by atoms with Crippen molar-refractivity contribution in [2.75, 3.05) is 5.43 Å². The smallest absolute Gasteiger partial charge is 0.176 e. The first-order chi connectivity index (χ1) is 16.9. The van der Waals surface area contributed by atoms with E-state index >= 15 is 0 Å². The van der Waals surface area contributed by atoms with Crippen molar-refractivity contribution in [1.29, 1.82) is 0 Å². The second kappa shape index (κ2) is 8.64. The van der Waals surface area contributed by atoms with Gasteiger partial charge in [0.05, 0.1) is 23.6 Å². The fourth-order valence-corrected chi connectivity index (χ4v) is 4.39. The SMILES string of the molecule is C(=N\Nc1nncc2ccccc12)/c1c(-c2ccccc2)n(-c2ccccc2)c2ccccc12. The molecule has 0 amide bonds. The first-order valence-corrected chi connectivity index (χ1v) is 11.1. The van der Waals surface area contributed by atoms with Gasteiger partial charge in [0.15, 0.2) is 5.82 Å². The minimum absolute atomic E-state index is 0.627. The summed E-state index contributed by atoms with van der Waals surface area (Å²) in [6.45, 7) is 0. The Balaban J connectivity index is 1.53. The highest BCUT2D eigenvalue weighted by atomic mass is 15.3. The molecule has 0 saturated carbocycles. The quantitative estimate of drug-likeness (QED) is 0.241. The van der Waals surface area contributed by atoms with Crippen LogP contribution in [0.1, 0.15) is 5.56 Å². The Morgan fingerprint density at radius 3 is 2.21 bits per heavy atom. The third-order valence-electron chi connectivity index (χ3n) is 5.91. The number of hydrazone groups is 1. The van der Waals surface area contributed by atoms with Gasteiger partial charge in [0.25, 0.3) is 0 Å². The third-order valence-corrected chi connectivity index (χ3v) is 5.91. The Bertz CT molecular complexity index is 1610. The lowest BCUT2D eigenvalue weighted by Crippen LogP contribution is -1.99. The normalized spacial score (nSPS) is 11.4. The fourth-order valence-electron chi connectivity index (χ4n) is 4.39. The largest absolute Gasteiger partial charge is 0.309 e. The Kier molecular flexibility index (Phi) is 5.05. The van der Waals surface area contributed by atoms with Crippen molar-refractivity contribution < 1.29 is 0 Å². The van der Waals surface area contributed by atoms with Crippen molar-refractivity contribution in [1.82, 2.24) is 14.8 Å². The minimum Gasteiger partial charge on any atom is -0.309 e. The van der Waals surface area contributed by atoms with Gasteiger partial charge >= 0.3 is 0 Å². The summed E-state index contributed by atoms with van der Waals surface area (Å²) in [7, 11) is 0. The summed E-state index contributed by atoms with van der Waals surface area (Å²) >= 11 is 0. The van der Waals surface area contributed by atoms with Crippen molar-refractivity contribution in [3.63, 3.8) is 0 Å². The molecule has 0 radical (unpaired) electrons. The van der Waals surface area contributed by atoms with Crippen LogP contribution in [0.5, 0.6) is 0 Å². The molecule has 0 aliphatic carbocycles. The first kappa shape index (κ1) is 19.9. The standard InChI is InChI=1S/C29H21N5/c1-3-11-21(12-4-1)28-26(20-31-33-29-24-16-8-7-13-22(24)19-30-32-29)25-17-9-10-18-27(25)34(28)23-14-5-2-6-15-23/h1-20H,(H,32,33)/b31-20+. The molecular formula is C29H21N5. The summed E-state index contributed by atoms with van der Waals surface area (Å²) in [5.41, 5.74) is 8.58. The van der Waals surface area contributed by atoms with Gasteiger partial charge in [-0.3, -0.25) is 5.43 Å². The van der Waals surface area contributed by atoms with Gasteiger partial charge in [-0.25, -0.2) is 0 Å². The van der Waals surface area contributed by atoms with Gasteiger partial charge < -0.3 is 4.57 Å². The number of nitrogens with zero attached hydrogens (tertiary/aromatic N) is 4. The van der Waals surface area contributed by atoms with E-state index in [4.69, 9.17) is 0 Å². The predicted molar refractivity (Wildman–Crippen MR) is 139 cm³/mol. The number of hydrogen-bond donors (Lipinski definition) is 1. The Hall–Kier alpha value is -4.77. The maximum atomic E-state index is 4.61. The summed E-state index contributed by atoms with van der Waals surface area (Å²) in [5.74, 6) is 0.627. The highest BCUT2D eigenvalue weighted by molar-refractivity contribution is 6.07. The van der Waals surface area contributed by atoms with Crippen LogP contribution in [0.3, 0.4) is 0 Å². The molecule has 0 unspecified atom stereocenters. The lowest BCUT2D eigenvalue weighted by atomic mass is 10.1. The Morgan fingerprint density at radius 2 is 1.38 bits per heavy atom. The zero-order valence-corrected chi connectivity index (χ0v) is 18.3. The summed E-state index contributed by atoms with van der Waals surface area (Å²) < 4.78 is 2.30. The summed E-state index contributed by atoms with van der Waals surface area (Å²) in [6, 6.07) is 37.3. The lowest BCUT2D eigenvalue weighted by Gasteiger charge is -2.12. The molecule has 162 valence electrons. The van der Waals surface area contributed by atoms with Crippen LogP contribution in [0, 0.1) is 0 Å². The zero-order valence-electron chi connectivity index (χ0n) is 18.3. The molecule has 5 nitrogen and oxygen atoms in total. The van der Waals surface area contributed by atoms with Crippen LogP contribution in [-0.2, 0) is 0 Å². The minimum atomic E-state index is 0.627. The molecular weight excluding hydrogens is 418 g/mol. The second-order valence-corrected chi connectivity index (χ2v) is 7.97. The van der Waals surface area contributed by atoms with Gasteiger partial charge in [-0.15, -0.1) is 5.10 Å². The van der Waals surface area contributed by atoms with Crippen LogP contribution < -0.4 is 5.43 Å². The number of rotatable bonds is 5. The highest BCUT2D eigenvalue weighted by Crippen LogP contribution is 2.35. The third kappa shape index (κ3) is 3.49. The number of benzene rings is 4. The van der Waals surface area contributed by atoms with E-state index in [0.29, 0.717) is 5.82 Å². The molecule has 2 heterocycles. The average molecular weight is 440 g/mol. The van der Waals surface area contributed by atoms with E-state index in [2.05, 4.69) is 98.1 Å². The maximum absolute atomic E-state index is 4.61. The van der Waals surface area contributed by atoms with Gasteiger partial charge in [-0.05, 0) is 23.8 Å². The molecule has 4 aromatic carbocycles. The van der Waals surface area contributed by atoms with Crippen LogP contribution in [0.2, 0.25) is 0 Å². The average Bonchev–Trinajstić information content (AvgIpc) is 3.24. The molecule has 0 aliphatic rings. The van der Waals surface area contributed by atoms with Gasteiger partial charge in [-0.1, -0.05) is 91.0 Å². The molecule has 0 saturated heterocycles. The number of hydrogen-bond acceptors (Lipinski definition) is 4. The maximum Gasteiger partial charge on any atom is 0.176 e. The van der Waals surface area contributed by atoms with Crippen LogP contribution in [0.15, 0.2) is 120 Å². The summed E-state index contributed by atoms with van der Waals surface area (Å²) in [6.07, 6.45) is 3.64. The van der Waals surface area contributed by atoms with Crippen LogP contribution >= 0.6 is 0 Å². The van der Waals surface area contributed by atoms with E-state index in [0.717, 1.165) is 44.2 Å². The first-order valence-electron chi connectivity index (χ1n) is 11.1. The van der Waals surface area contributed by atoms with Gasteiger partial charge in [0.1, 0.15) is 0 Å². The predicted octanol–water partition coefficient (Wildman–Crippen LogP) is 6.69. The van der Waals surface area contributed by atoms with Crippen molar-refractivity contribution in [2.45, 2.75) is 0 Å². The van der Waals surface area contributed by atoms with Crippen molar-refractivity contribution in [2.24, 2.45) is 5.10 Å². The molecule has 0 spiro atoms. The molecule has 0 fully saturated rings. The lowest BCUT2D eigenvalue weighted by molar-refractivity contribution is 1.04. The molecule has 1 N–H and O–H groups in total. The van der Waals surface area contributed by atoms with Crippen LogP contribution in [0.25, 0.3) is 38.6 Å². The molecule has 5 heteroatoms. The van der Waals surface area contributed by atoms with Crippen LogP contribution in [-0.4, -0.2) is 21.0 Å². The second-order valence-electron chi connectivity index (χ2n) is 7.97. The van der Waals surface area contributed by atoms with Gasteiger partial charge in [-0.2, -0.15) is 10.2 Å². The highest BCUT2D eigenvalue weighted by Gasteiger charge is 2.18. The fraction of sp³-hybridized carbons (Fsp3) is 0. The molecule has 34 heavy (non-hydrogen) atoms. The molecule has 6 aromatic rings. The van der Waals surface area contributed by atoms with E-state index in [1.165, 1.54) is 0 Å². The van der Waals surface area contributed by atoms with Crippen molar-refractivity contribution in [3.05, 3.63) is 121 Å². The number of fused-ring (bicyclic) bond motifs is 2. The van der Waals surface area contributed by atoms with E-state index in [9.17, 15) is 0 Å². The summed E-state index contributed by atoms with van der Waals surface area (Å²) in [4.78, 5) is 0. The van der Waals surface area contributed by atoms with Crippen molar-refractivity contribution >= 4 is 33.7 Å². The molecule has 2 aromatic heterocycles. The zero-order chi connectivity index (χ0) is 22.7. The van der Waals surface area contributed by atoms with Crippen LogP contribution in [0.4, 0.5) is 5.82 Å². The Labute approximate surface area is 197 Å². The van der Waals surface area contributed by atoms with E-state index in [-0.39, 0.29) is 0 Å². The summed E-state index contributed by atoms with van der Waals surface area (Å²) in [5, 5.41) is 16.1. The molecule has 6 rings (SSSR count). The van der Waals surface area contributed by atoms with E-state index < -0.39 is 0 Å². The number of aromatic nitrogens is 3. The van der Waals surface area contributed by atoms with Gasteiger partial charge in [0, 0.05) is 27.4 Å². The van der Waals surface area contributed by atoms with E-state index in [1.807, 2.05) is 42.6 Å². The number of nitrogens with one attached hydrogen (secondary N) is 1. The molecule has 0 bridgehead atoms. The van der Waals surface area contributed by atoms with Gasteiger partial charge in [0.2, 0.25) is 0 Å². The van der Waals surface area contributed by atoms with Crippen molar-refractivity contribution in [3.8, 4) is 16.9 Å². The number of anilines is 1. The van der Waals surface area contributed by atoms with E-state index in [1.54, 1.807) is 6.20 Å². The Morgan fingerprint density at radius 1 is 0.706 bits per heavy atom. The monoisotopic (exact) mass is 439 g/mol. The molecule has 0 aliphatic heterocycles. The molecule has 0 atom stereocenters.